The lowest BCUT2D eigenvalue weighted by molar-refractivity contribution is 0.171. The van der Waals surface area contributed by atoms with Crippen LogP contribution in [0.15, 0.2) is 30.9 Å². The first-order chi connectivity index (χ1) is 10.7. The summed E-state index contributed by atoms with van der Waals surface area (Å²) in [6.07, 6.45) is 13.1. The van der Waals surface area contributed by atoms with E-state index in [0.29, 0.717) is 11.6 Å². The first-order valence-electron chi connectivity index (χ1n) is 8.94. The van der Waals surface area contributed by atoms with E-state index in [-0.39, 0.29) is 0 Å². The number of hydrogen-bond acceptors (Lipinski definition) is 2. The highest BCUT2D eigenvalue weighted by atomic mass is 14.7. The van der Waals surface area contributed by atoms with Gasteiger partial charge in [-0.2, -0.15) is 0 Å². The molecule has 1 aromatic rings. The number of nitrogen functional groups attached to an aromatic ring is 2. The molecule has 120 valence electrons. The Morgan fingerprint density at radius 2 is 1.41 bits per heavy atom. The van der Waals surface area contributed by atoms with E-state index in [1.807, 2.05) is 6.07 Å². The van der Waals surface area contributed by atoms with E-state index in [4.69, 9.17) is 11.5 Å². The molecule has 2 aliphatic carbocycles. The van der Waals surface area contributed by atoms with Gasteiger partial charge in [-0.05, 0) is 92.7 Å². The van der Waals surface area contributed by atoms with Crippen LogP contribution < -0.4 is 11.5 Å². The average Bonchev–Trinajstić information content (AvgIpc) is 2.58. The Kier molecular flexibility index (Phi) is 4.75. The molecule has 2 heteroatoms. The van der Waals surface area contributed by atoms with Gasteiger partial charge in [0.1, 0.15) is 0 Å². The molecule has 3 rings (SSSR count). The Morgan fingerprint density at radius 3 is 1.95 bits per heavy atom. The zero-order valence-corrected chi connectivity index (χ0v) is 13.6. The van der Waals surface area contributed by atoms with Crippen LogP contribution in [0.1, 0.15) is 62.8 Å². The number of allylic oxidation sites excluding steroid dienone is 1. The molecule has 2 aliphatic rings. The van der Waals surface area contributed by atoms with Gasteiger partial charge < -0.3 is 11.5 Å². The molecule has 0 radical (unpaired) electrons. The largest absolute Gasteiger partial charge is 0.397 e. The second kappa shape index (κ2) is 6.76. The zero-order valence-electron chi connectivity index (χ0n) is 13.6. The third-order valence-corrected chi connectivity index (χ3v) is 6.17. The van der Waals surface area contributed by atoms with Crippen LogP contribution in [0.5, 0.6) is 0 Å². The predicted molar refractivity (Wildman–Crippen MR) is 95.6 cm³/mol. The van der Waals surface area contributed by atoms with E-state index in [0.717, 1.165) is 23.4 Å². The molecule has 2 fully saturated rings. The minimum absolute atomic E-state index is 0.684. The molecule has 0 saturated heterocycles. The van der Waals surface area contributed by atoms with Gasteiger partial charge in [0.25, 0.3) is 0 Å². The highest BCUT2D eigenvalue weighted by molar-refractivity contribution is 5.64. The Hall–Kier alpha value is -1.44. The summed E-state index contributed by atoms with van der Waals surface area (Å²) in [7, 11) is 0. The Labute approximate surface area is 135 Å². The van der Waals surface area contributed by atoms with E-state index in [9.17, 15) is 0 Å². The fourth-order valence-electron chi connectivity index (χ4n) is 4.62. The number of benzene rings is 1. The summed E-state index contributed by atoms with van der Waals surface area (Å²) in [5.41, 5.74) is 14.6. The maximum atomic E-state index is 5.96. The number of hydrogen-bond donors (Lipinski definition) is 2. The summed E-state index contributed by atoms with van der Waals surface area (Å²) >= 11 is 0. The third kappa shape index (κ3) is 3.31. The van der Waals surface area contributed by atoms with Crippen molar-refractivity contribution < 1.29 is 0 Å². The van der Waals surface area contributed by atoms with Crippen LogP contribution >= 0.6 is 0 Å². The molecule has 0 amide bonds. The van der Waals surface area contributed by atoms with Gasteiger partial charge in [-0.3, -0.25) is 0 Å². The topological polar surface area (TPSA) is 52.0 Å². The summed E-state index contributed by atoms with van der Waals surface area (Å²) in [6, 6.07) is 6.23. The van der Waals surface area contributed by atoms with Crippen molar-refractivity contribution in [3.63, 3.8) is 0 Å². The quantitative estimate of drug-likeness (QED) is 0.601. The van der Waals surface area contributed by atoms with Gasteiger partial charge in [-0.1, -0.05) is 12.1 Å². The van der Waals surface area contributed by atoms with Gasteiger partial charge in [0, 0.05) is 0 Å². The molecular weight excluding hydrogens is 268 g/mol. The standard InChI is InChI=1S/C20H30N2/c1-2-14-3-5-15(6-4-14)16-7-9-17(10-8-16)18-11-12-19(21)20(22)13-18/h2,11-17H,1,3-10,21-22H2. The summed E-state index contributed by atoms with van der Waals surface area (Å²) in [5, 5.41) is 0. The summed E-state index contributed by atoms with van der Waals surface area (Å²) in [6.45, 7) is 3.96. The van der Waals surface area contributed by atoms with Crippen LogP contribution in [0.2, 0.25) is 0 Å². The second-order valence-corrected chi connectivity index (χ2v) is 7.41. The Balaban J connectivity index is 1.54. The molecular formula is C20H30N2. The van der Waals surface area contributed by atoms with Crippen LogP contribution in [0.4, 0.5) is 11.4 Å². The molecule has 0 unspecified atom stereocenters. The maximum Gasteiger partial charge on any atom is 0.0550 e. The number of rotatable bonds is 3. The SMILES string of the molecule is C=CC1CCC(C2CCC(c3ccc(N)c(N)c3)CC2)CC1. The summed E-state index contributed by atoms with van der Waals surface area (Å²) in [4.78, 5) is 0. The van der Waals surface area contributed by atoms with Gasteiger partial charge in [0.15, 0.2) is 0 Å². The minimum atomic E-state index is 0.684. The van der Waals surface area contributed by atoms with Crippen molar-refractivity contribution in [3.05, 3.63) is 36.4 Å². The number of nitrogens with two attached hydrogens (primary N) is 2. The monoisotopic (exact) mass is 298 g/mol. The molecule has 22 heavy (non-hydrogen) atoms. The van der Waals surface area contributed by atoms with Crippen molar-refractivity contribution in [3.8, 4) is 0 Å². The Bertz CT molecular complexity index is 506. The van der Waals surface area contributed by atoms with Gasteiger partial charge >= 0.3 is 0 Å². The molecule has 4 N–H and O–H groups in total. The van der Waals surface area contributed by atoms with Crippen molar-refractivity contribution in [2.24, 2.45) is 17.8 Å². The van der Waals surface area contributed by atoms with Crippen LogP contribution in [0.3, 0.4) is 0 Å². The summed E-state index contributed by atoms with van der Waals surface area (Å²) < 4.78 is 0. The van der Waals surface area contributed by atoms with Crippen molar-refractivity contribution in [1.29, 1.82) is 0 Å². The first kappa shape index (κ1) is 15.5. The molecule has 2 nitrogen and oxygen atoms in total. The van der Waals surface area contributed by atoms with Crippen molar-refractivity contribution in [2.75, 3.05) is 11.5 Å². The lowest BCUT2D eigenvalue weighted by Gasteiger charge is -2.37. The van der Waals surface area contributed by atoms with E-state index in [2.05, 4.69) is 24.8 Å². The van der Waals surface area contributed by atoms with Gasteiger partial charge in [-0.15, -0.1) is 6.58 Å². The average molecular weight is 298 g/mol. The van der Waals surface area contributed by atoms with Crippen molar-refractivity contribution >= 4 is 11.4 Å². The van der Waals surface area contributed by atoms with Gasteiger partial charge in [-0.25, -0.2) is 0 Å². The first-order valence-corrected chi connectivity index (χ1v) is 8.94. The van der Waals surface area contributed by atoms with E-state index >= 15 is 0 Å². The Morgan fingerprint density at radius 1 is 0.818 bits per heavy atom. The normalized spacial score (nSPS) is 32.5. The van der Waals surface area contributed by atoms with Gasteiger partial charge in [0.2, 0.25) is 0 Å². The fourth-order valence-corrected chi connectivity index (χ4v) is 4.62. The van der Waals surface area contributed by atoms with Crippen LogP contribution in [0.25, 0.3) is 0 Å². The second-order valence-electron chi connectivity index (χ2n) is 7.41. The lowest BCUT2D eigenvalue weighted by atomic mass is 9.68. The third-order valence-electron chi connectivity index (χ3n) is 6.17. The fraction of sp³-hybridized carbons (Fsp3) is 0.600. The molecule has 1 aromatic carbocycles. The summed E-state index contributed by atoms with van der Waals surface area (Å²) in [5.74, 6) is 3.38. The van der Waals surface area contributed by atoms with Crippen LogP contribution in [-0.4, -0.2) is 0 Å². The maximum absolute atomic E-state index is 5.96. The molecule has 0 heterocycles. The molecule has 2 saturated carbocycles. The van der Waals surface area contributed by atoms with Gasteiger partial charge in [0.05, 0.1) is 11.4 Å². The van der Waals surface area contributed by atoms with Crippen molar-refractivity contribution in [1.82, 2.24) is 0 Å². The molecule has 0 spiro atoms. The molecule has 0 atom stereocenters. The van der Waals surface area contributed by atoms with E-state index < -0.39 is 0 Å². The highest BCUT2D eigenvalue weighted by Gasteiger charge is 2.30. The predicted octanol–water partition coefficient (Wildman–Crippen LogP) is 5.12. The smallest absolute Gasteiger partial charge is 0.0550 e. The van der Waals surface area contributed by atoms with Crippen molar-refractivity contribution in [2.45, 2.75) is 57.3 Å². The molecule has 0 bridgehead atoms. The van der Waals surface area contributed by atoms with E-state index in [1.165, 1.54) is 56.9 Å². The van der Waals surface area contributed by atoms with Crippen LogP contribution in [0, 0.1) is 17.8 Å². The van der Waals surface area contributed by atoms with Crippen LogP contribution in [-0.2, 0) is 0 Å². The van der Waals surface area contributed by atoms with E-state index in [1.54, 1.807) is 0 Å². The molecule has 0 aliphatic heterocycles. The minimum Gasteiger partial charge on any atom is -0.397 e. The number of anilines is 2. The lowest BCUT2D eigenvalue weighted by Crippen LogP contribution is -2.25. The zero-order chi connectivity index (χ0) is 15.5. The highest BCUT2D eigenvalue weighted by Crippen LogP contribution is 2.44. The molecule has 0 aromatic heterocycles.